The topological polar surface area (TPSA) is 144 Å². The van der Waals surface area contributed by atoms with Crippen LogP contribution in [0.15, 0.2) is 60.4 Å². The quantitative estimate of drug-likeness (QED) is 0.294. The van der Waals surface area contributed by atoms with Crippen molar-refractivity contribution in [3.63, 3.8) is 0 Å². The summed E-state index contributed by atoms with van der Waals surface area (Å²) in [5.74, 6) is -8.27. The summed E-state index contributed by atoms with van der Waals surface area (Å²) >= 11 is 1.85. The number of rotatable bonds is 4. The van der Waals surface area contributed by atoms with Gasteiger partial charge in [-0.1, -0.05) is 12.1 Å². The molecular formula is C27H25F9N4O6S. The third-order valence-electron chi connectivity index (χ3n) is 6.34. The second kappa shape index (κ2) is 15.9. The molecule has 5 heterocycles. The largest absolute Gasteiger partial charge is 0.490 e. The first-order valence-corrected chi connectivity index (χ1v) is 13.8. The molecule has 47 heavy (non-hydrogen) atoms. The number of thiophene rings is 1. The van der Waals surface area contributed by atoms with Gasteiger partial charge >= 0.3 is 36.4 Å². The van der Waals surface area contributed by atoms with Crippen molar-refractivity contribution in [3.8, 4) is 0 Å². The third kappa shape index (κ3) is 12.0. The maximum Gasteiger partial charge on any atom is 0.490 e. The van der Waals surface area contributed by atoms with E-state index in [-0.39, 0.29) is 5.41 Å². The molecule has 10 nitrogen and oxygen atoms in total. The van der Waals surface area contributed by atoms with Gasteiger partial charge in [-0.05, 0) is 48.2 Å². The summed E-state index contributed by atoms with van der Waals surface area (Å²) in [7, 11) is 0. The predicted molar refractivity (Wildman–Crippen MR) is 146 cm³/mol. The normalized spacial score (nSPS) is 17.3. The minimum atomic E-state index is -5.08. The Morgan fingerprint density at radius 3 is 1.81 bits per heavy atom. The van der Waals surface area contributed by atoms with Crippen molar-refractivity contribution in [2.45, 2.75) is 43.5 Å². The summed E-state index contributed by atoms with van der Waals surface area (Å²) in [6, 6.07) is 12.9. The number of carboxylic acid groups (broad SMARTS) is 3. The van der Waals surface area contributed by atoms with E-state index < -0.39 is 36.4 Å². The Bertz CT molecular complexity index is 1410. The summed E-state index contributed by atoms with van der Waals surface area (Å²) in [4.78, 5) is 42.3. The molecule has 0 aliphatic carbocycles. The van der Waals surface area contributed by atoms with E-state index in [1.807, 2.05) is 36.0 Å². The number of alkyl halides is 9. The molecule has 3 aromatic rings. The van der Waals surface area contributed by atoms with Gasteiger partial charge in [0.05, 0.1) is 11.4 Å². The molecule has 0 aromatic carbocycles. The van der Waals surface area contributed by atoms with Crippen molar-refractivity contribution >= 4 is 34.9 Å². The third-order valence-corrected chi connectivity index (χ3v) is 7.20. The number of pyridine rings is 2. The zero-order chi connectivity index (χ0) is 35.6. The molecule has 0 radical (unpaired) electrons. The van der Waals surface area contributed by atoms with E-state index in [0.717, 1.165) is 32.7 Å². The van der Waals surface area contributed by atoms with Crippen LogP contribution in [0.2, 0.25) is 0 Å². The molecule has 1 fully saturated rings. The Hall–Kier alpha value is -4.46. The Kier molecular flexibility index (Phi) is 13.1. The van der Waals surface area contributed by atoms with E-state index in [4.69, 9.17) is 34.7 Å². The Morgan fingerprint density at radius 2 is 1.34 bits per heavy atom. The summed E-state index contributed by atoms with van der Waals surface area (Å²) in [5.41, 5.74) is 4.01. The summed E-state index contributed by atoms with van der Waals surface area (Å²) < 4.78 is 95.2. The number of halogens is 9. The van der Waals surface area contributed by atoms with Crippen molar-refractivity contribution in [1.29, 1.82) is 0 Å². The molecule has 0 saturated carbocycles. The number of carboxylic acids is 3. The van der Waals surface area contributed by atoms with Crippen LogP contribution in [0.3, 0.4) is 0 Å². The second-order valence-electron chi connectivity index (χ2n) is 9.82. The van der Waals surface area contributed by atoms with Crippen LogP contribution < -0.4 is 4.90 Å². The first-order valence-electron chi connectivity index (χ1n) is 12.9. The molecule has 0 amide bonds. The zero-order valence-corrected chi connectivity index (χ0v) is 24.5. The molecule has 258 valence electrons. The van der Waals surface area contributed by atoms with Gasteiger partial charge in [-0.3, -0.25) is 14.9 Å². The van der Waals surface area contributed by atoms with Gasteiger partial charge in [-0.2, -0.15) is 39.5 Å². The van der Waals surface area contributed by atoms with Crippen LogP contribution in [0.4, 0.5) is 45.2 Å². The van der Waals surface area contributed by atoms with Crippen LogP contribution >= 0.6 is 11.3 Å². The van der Waals surface area contributed by atoms with Gasteiger partial charge in [0, 0.05) is 55.1 Å². The summed E-state index contributed by atoms with van der Waals surface area (Å²) in [6.45, 7) is 5.26. The highest BCUT2D eigenvalue weighted by molar-refractivity contribution is 7.09. The maximum absolute atomic E-state index is 10.6. The highest BCUT2D eigenvalue weighted by atomic mass is 32.1. The average molecular weight is 705 g/mol. The molecule has 3 N–H and O–H groups in total. The van der Waals surface area contributed by atoms with E-state index in [9.17, 15) is 39.5 Å². The molecule has 1 spiro atoms. The fourth-order valence-corrected chi connectivity index (χ4v) is 5.22. The van der Waals surface area contributed by atoms with Crippen molar-refractivity contribution in [2.24, 2.45) is 0 Å². The highest BCUT2D eigenvalue weighted by Gasteiger charge is 2.48. The summed E-state index contributed by atoms with van der Waals surface area (Å²) in [5, 5.41) is 23.5. The Morgan fingerprint density at radius 1 is 0.787 bits per heavy atom. The van der Waals surface area contributed by atoms with E-state index >= 15 is 0 Å². The fraction of sp³-hybridized carbons (Fsp3) is 0.370. The Balaban J connectivity index is 0.000000301. The molecule has 0 bridgehead atoms. The average Bonchev–Trinajstić information content (AvgIpc) is 3.70. The second-order valence-corrected chi connectivity index (χ2v) is 10.8. The van der Waals surface area contributed by atoms with Gasteiger partial charge in [-0.25, -0.2) is 14.4 Å². The fourth-order valence-electron chi connectivity index (χ4n) is 4.48. The molecule has 3 aromatic heterocycles. The standard InChI is InChI=1S/C21H22N4S.3C2HF3O2/c1-4-17(12-22-8-1)13-25-16-21(20-19(25)6-2-9-23-20)7-10-24(15-21)14-18-5-3-11-26-18;3*3-2(4,5)1(6)7/h1-6,8-9,11-12H,7,10,13-16H2;3*(H,6,7). The van der Waals surface area contributed by atoms with Crippen molar-refractivity contribution in [1.82, 2.24) is 14.9 Å². The minimum absolute atomic E-state index is 0.163. The van der Waals surface area contributed by atoms with Crippen LogP contribution in [0.5, 0.6) is 0 Å². The van der Waals surface area contributed by atoms with Crippen LogP contribution in [0.1, 0.15) is 22.6 Å². The molecular weight excluding hydrogens is 679 g/mol. The lowest BCUT2D eigenvalue weighted by Crippen LogP contribution is -2.36. The zero-order valence-electron chi connectivity index (χ0n) is 23.7. The van der Waals surface area contributed by atoms with Gasteiger partial charge < -0.3 is 20.2 Å². The SMILES string of the molecule is O=C(O)C(F)(F)F.O=C(O)C(F)(F)F.O=C(O)C(F)(F)F.c1cncc(CN2CC3(CCN(Cc4cccs4)C3)c3ncccc32)c1. The molecule has 20 heteroatoms. The molecule has 2 aliphatic rings. The minimum Gasteiger partial charge on any atom is -0.475 e. The Labute approximate surface area is 263 Å². The van der Waals surface area contributed by atoms with E-state index in [2.05, 4.69) is 50.5 Å². The van der Waals surface area contributed by atoms with E-state index in [1.54, 1.807) is 0 Å². The van der Waals surface area contributed by atoms with Crippen molar-refractivity contribution in [3.05, 3.63) is 76.5 Å². The first kappa shape index (κ1) is 38.7. The lowest BCUT2D eigenvalue weighted by molar-refractivity contribution is -0.193. The van der Waals surface area contributed by atoms with Crippen LogP contribution in [0.25, 0.3) is 0 Å². The van der Waals surface area contributed by atoms with Crippen molar-refractivity contribution < 1.29 is 69.2 Å². The van der Waals surface area contributed by atoms with Gasteiger partial charge in [0.25, 0.3) is 0 Å². The van der Waals surface area contributed by atoms with Gasteiger partial charge in [0.2, 0.25) is 0 Å². The number of carbonyl (C=O) groups is 3. The van der Waals surface area contributed by atoms with Crippen LogP contribution in [-0.2, 0) is 32.9 Å². The number of fused-ring (bicyclic) bond motifs is 2. The molecule has 1 saturated heterocycles. The predicted octanol–water partition coefficient (Wildman–Crippen LogP) is 5.60. The monoisotopic (exact) mass is 704 g/mol. The first-order chi connectivity index (χ1) is 21.7. The number of anilines is 1. The lowest BCUT2D eigenvalue weighted by atomic mass is 9.85. The molecule has 1 unspecified atom stereocenters. The lowest BCUT2D eigenvalue weighted by Gasteiger charge is -2.25. The molecule has 1 atom stereocenters. The number of hydrogen-bond donors (Lipinski definition) is 3. The summed E-state index contributed by atoms with van der Waals surface area (Å²) in [6.07, 6.45) is -8.30. The number of aromatic nitrogens is 2. The van der Waals surface area contributed by atoms with E-state index in [0.29, 0.717) is 0 Å². The van der Waals surface area contributed by atoms with Crippen LogP contribution in [0, 0.1) is 0 Å². The highest BCUT2D eigenvalue weighted by Crippen LogP contribution is 2.45. The number of likely N-dealkylation sites (tertiary alicyclic amines) is 1. The van der Waals surface area contributed by atoms with E-state index in [1.165, 1.54) is 28.2 Å². The molecule has 5 rings (SSSR count). The van der Waals surface area contributed by atoms with Gasteiger partial charge in [0.15, 0.2) is 0 Å². The number of aliphatic carboxylic acids is 3. The van der Waals surface area contributed by atoms with Gasteiger partial charge in [-0.15, -0.1) is 11.3 Å². The maximum atomic E-state index is 10.6. The number of nitrogens with zero attached hydrogens (tertiary/aromatic N) is 4. The smallest absolute Gasteiger partial charge is 0.475 e. The van der Waals surface area contributed by atoms with Crippen molar-refractivity contribution in [2.75, 3.05) is 24.5 Å². The van der Waals surface area contributed by atoms with Crippen LogP contribution in [-0.4, -0.2) is 86.3 Å². The van der Waals surface area contributed by atoms with Gasteiger partial charge in [0.1, 0.15) is 0 Å². The number of hydrogen-bond acceptors (Lipinski definition) is 8. The molecule has 2 aliphatic heterocycles.